The van der Waals surface area contributed by atoms with Gasteiger partial charge in [0.2, 0.25) is 9.84 Å². The Bertz CT molecular complexity index is 913. The summed E-state index contributed by atoms with van der Waals surface area (Å²) in [6, 6.07) is 9.48. The average molecular weight is 382 g/mol. The maximum atomic E-state index is 12.4. The summed E-state index contributed by atoms with van der Waals surface area (Å²) in [6.07, 6.45) is 0. The van der Waals surface area contributed by atoms with E-state index in [4.69, 9.17) is 11.6 Å². The Kier molecular flexibility index (Phi) is 4.92. The third-order valence-electron chi connectivity index (χ3n) is 2.78. The fourth-order valence-corrected chi connectivity index (χ4v) is 3.74. The van der Waals surface area contributed by atoms with Crippen LogP contribution in [0.1, 0.15) is 0 Å². The second-order valence-corrected chi connectivity index (χ2v) is 8.43. The zero-order chi connectivity index (χ0) is 17.3. The van der Waals surface area contributed by atoms with Crippen LogP contribution in [0.25, 0.3) is 0 Å². The van der Waals surface area contributed by atoms with Gasteiger partial charge in [-0.2, -0.15) is 8.78 Å². The van der Waals surface area contributed by atoms with Crippen LogP contribution >= 0.6 is 11.6 Å². The van der Waals surface area contributed by atoms with Gasteiger partial charge in [-0.05, 0) is 42.5 Å². The zero-order valence-corrected chi connectivity index (χ0v) is 13.7. The molecule has 0 atom stereocenters. The number of hydrogen-bond acceptors (Lipinski definition) is 4. The summed E-state index contributed by atoms with van der Waals surface area (Å²) in [6.45, 7) is 0. The number of alkyl halides is 2. The lowest BCUT2D eigenvalue weighted by Gasteiger charge is -2.09. The van der Waals surface area contributed by atoms with Crippen LogP contribution in [0, 0.1) is 0 Å². The highest BCUT2D eigenvalue weighted by molar-refractivity contribution is 7.92. The summed E-state index contributed by atoms with van der Waals surface area (Å²) < 4.78 is 73.9. The molecule has 0 aromatic heterocycles. The van der Waals surface area contributed by atoms with Gasteiger partial charge in [0.15, 0.2) is 0 Å². The number of benzene rings is 2. The van der Waals surface area contributed by atoms with Crippen molar-refractivity contribution in [3.05, 3.63) is 53.6 Å². The van der Waals surface area contributed by atoms with Crippen molar-refractivity contribution in [2.24, 2.45) is 0 Å². The number of nitrogens with one attached hydrogen (secondary N) is 1. The first-order valence-electron chi connectivity index (χ1n) is 6.03. The Balaban J connectivity index is 2.28. The van der Waals surface area contributed by atoms with E-state index < -0.39 is 30.5 Å². The van der Waals surface area contributed by atoms with Crippen LogP contribution in [-0.2, 0) is 19.9 Å². The molecule has 0 aliphatic rings. The molecule has 0 saturated carbocycles. The van der Waals surface area contributed by atoms with Gasteiger partial charge in [0, 0.05) is 10.7 Å². The summed E-state index contributed by atoms with van der Waals surface area (Å²) in [7, 11) is -8.66. The molecule has 0 radical (unpaired) electrons. The van der Waals surface area contributed by atoms with Crippen molar-refractivity contribution in [3.63, 3.8) is 0 Å². The van der Waals surface area contributed by atoms with Gasteiger partial charge in [-0.1, -0.05) is 17.7 Å². The third-order valence-corrected chi connectivity index (χ3v) is 5.79. The van der Waals surface area contributed by atoms with E-state index in [0.717, 1.165) is 24.3 Å². The van der Waals surface area contributed by atoms with E-state index in [1.54, 1.807) is 0 Å². The van der Waals surface area contributed by atoms with E-state index in [-0.39, 0.29) is 15.6 Å². The molecule has 1 N–H and O–H groups in total. The smallest absolute Gasteiger partial charge is 0.280 e. The summed E-state index contributed by atoms with van der Waals surface area (Å²) in [5.74, 6) is -3.54. The lowest BCUT2D eigenvalue weighted by atomic mass is 10.3. The maximum Gasteiger partial charge on any atom is 0.341 e. The van der Waals surface area contributed by atoms with Gasteiger partial charge in [0.05, 0.1) is 9.79 Å². The summed E-state index contributed by atoms with van der Waals surface area (Å²) in [5.41, 5.74) is 0.0261. The first-order valence-corrected chi connectivity index (χ1v) is 9.44. The molecule has 0 unspecified atom stereocenters. The van der Waals surface area contributed by atoms with E-state index in [1.807, 2.05) is 0 Å². The minimum Gasteiger partial charge on any atom is -0.280 e. The van der Waals surface area contributed by atoms with Crippen LogP contribution in [0.3, 0.4) is 0 Å². The second kappa shape index (κ2) is 6.42. The Hall–Kier alpha value is -1.71. The quantitative estimate of drug-likeness (QED) is 0.862. The average Bonchev–Trinajstić information content (AvgIpc) is 2.47. The van der Waals surface area contributed by atoms with E-state index in [2.05, 4.69) is 4.72 Å². The zero-order valence-electron chi connectivity index (χ0n) is 11.3. The van der Waals surface area contributed by atoms with Crippen molar-refractivity contribution in [3.8, 4) is 0 Å². The largest absolute Gasteiger partial charge is 0.341 e. The SMILES string of the molecule is O=S(=O)(Nc1ccc(S(=O)(=O)C(F)F)cc1)c1cccc(Cl)c1. The molecule has 124 valence electrons. The fraction of sp³-hybridized carbons (Fsp3) is 0.0769. The van der Waals surface area contributed by atoms with Gasteiger partial charge < -0.3 is 0 Å². The number of anilines is 1. The monoisotopic (exact) mass is 381 g/mol. The number of sulfonamides is 1. The summed E-state index contributed by atoms with van der Waals surface area (Å²) in [4.78, 5) is -0.688. The number of halogens is 3. The van der Waals surface area contributed by atoms with Crippen molar-refractivity contribution in [2.45, 2.75) is 15.5 Å². The van der Waals surface area contributed by atoms with Crippen LogP contribution < -0.4 is 4.72 Å². The molecular weight excluding hydrogens is 372 g/mol. The topological polar surface area (TPSA) is 80.3 Å². The van der Waals surface area contributed by atoms with Crippen LogP contribution in [0.4, 0.5) is 14.5 Å². The minimum atomic E-state index is -4.72. The van der Waals surface area contributed by atoms with Crippen molar-refractivity contribution in [1.82, 2.24) is 0 Å². The van der Waals surface area contributed by atoms with Crippen molar-refractivity contribution in [2.75, 3.05) is 4.72 Å². The Morgan fingerprint density at radius 3 is 2.04 bits per heavy atom. The standard InChI is InChI=1S/C13H10ClF2NO4S2/c14-9-2-1-3-12(8-9)23(20,21)17-10-4-6-11(7-5-10)22(18,19)13(15)16/h1-8,13,17H. The molecule has 0 bridgehead atoms. The predicted octanol–water partition coefficient (Wildman–Crippen LogP) is 3.14. The second-order valence-electron chi connectivity index (χ2n) is 4.39. The molecule has 23 heavy (non-hydrogen) atoms. The van der Waals surface area contributed by atoms with Crippen LogP contribution in [0.2, 0.25) is 5.02 Å². The molecule has 2 rings (SSSR count). The highest BCUT2D eigenvalue weighted by atomic mass is 35.5. The van der Waals surface area contributed by atoms with E-state index in [1.165, 1.54) is 24.3 Å². The number of rotatable bonds is 5. The lowest BCUT2D eigenvalue weighted by Crippen LogP contribution is -2.14. The summed E-state index contributed by atoms with van der Waals surface area (Å²) >= 11 is 5.72. The van der Waals surface area contributed by atoms with Crippen molar-refractivity contribution < 1.29 is 25.6 Å². The van der Waals surface area contributed by atoms with Crippen molar-refractivity contribution in [1.29, 1.82) is 0 Å². The Morgan fingerprint density at radius 2 is 1.52 bits per heavy atom. The highest BCUT2D eigenvalue weighted by Crippen LogP contribution is 2.23. The van der Waals surface area contributed by atoms with Gasteiger partial charge in [0.1, 0.15) is 0 Å². The molecule has 0 fully saturated rings. The number of sulfone groups is 1. The van der Waals surface area contributed by atoms with Gasteiger partial charge in [0.25, 0.3) is 10.0 Å². The molecule has 2 aromatic carbocycles. The molecular formula is C13H10ClF2NO4S2. The van der Waals surface area contributed by atoms with E-state index in [0.29, 0.717) is 0 Å². The fourth-order valence-electron chi connectivity index (χ4n) is 1.66. The molecule has 0 aliphatic carbocycles. The van der Waals surface area contributed by atoms with Crippen LogP contribution in [0.15, 0.2) is 58.3 Å². The first-order chi connectivity index (χ1) is 10.6. The lowest BCUT2D eigenvalue weighted by molar-refractivity contribution is 0.234. The Morgan fingerprint density at radius 1 is 0.913 bits per heavy atom. The third kappa shape index (κ3) is 3.98. The Labute approximate surface area is 136 Å². The van der Waals surface area contributed by atoms with E-state index >= 15 is 0 Å². The summed E-state index contributed by atoms with van der Waals surface area (Å²) in [5, 5.41) is 0.228. The first kappa shape index (κ1) is 17.6. The molecule has 2 aromatic rings. The number of hydrogen-bond donors (Lipinski definition) is 1. The normalized spacial score (nSPS) is 12.3. The van der Waals surface area contributed by atoms with Gasteiger partial charge in [-0.15, -0.1) is 0 Å². The molecule has 0 heterocycles. The molecule has 5 nitrogen and oxygen atoms in total. The molecule has 10 heteroatoms. The van der Waals surface area contributed by atoms with Crippen molar-refractivity contribution >= 4 is 37.1 Å². The minimum absolute atomic E-state index is 0.0261. The molecule has 0 amide bonds. The molecule has 0 aliphatic heterocycles. The van der Waals surface area contributed by atoms with Crippen LogP contribution in [0.5, 0.6) is 0 Å². The predicted molar refractivity (Wildman–Crippen MR) is 81.9 cm³/mol. The molecule has 0 spiro atoms. The molecule has 0 saturated heterocycles. The van der Waals surface area contributed by atoms with Gasteiger partial charge in [-0.3, -0.25) is 4.72 Å². The highest BCUT2D eigenvalue weighted by Gasteiger charge is 2.26. The van der Waals surface area contributed by atoms with Crippen LogP contribution in [-0.4, -0.2) is 22.6 Å². The van der Waals surface area contributed by atoms with Gasteiger partial charge >= 0.3 is 5.76 Å². The van der Waals surface area contributed by atoms with Gasteiger partial charge in [-0.25, -0.2) is 16.8 Å². The van der Waals surface area contributed by atoms with E-state index in [9.17, 15) is 25.6 Å². The maximum absolute atomic E-state index is 12.4.